The number of halogens is 1. The van der Waals surface area contributed by atoms with E-state index in [0.29, 0.717) is 36.2 Å². The Kier molecular flexibility index (Phi) is 27.9. The lowest BCUT2D eigenvalue weighted by molar-refractivity contribution is -0.0320. The fourth-order valence-electron chi connectivity index (χ4n) is 5.35. The van der Waals surface area contributed by atoms with Crippen LogP contribution in [0.1, 0.15) is 153 Å². The largest absolute Gasteiger partial charge is 0.508 e. The third kappa shape index (κ3) is 22.0. The van der Waals surface area contributed by atoms with Crippen molar-refractivity contribution < 1.29 is 19.4 Å². The molecule has 2 aliphatic carbocycles. The van der Waals surface area contributed by atoms with E-state index < -0.39 is 6.16 Å². The van der Waals surface area contributed by atoms with Gasteiger partial charge in [-0.3, -0.25) is 0 Å². The van der Waals surface area contributed by atoms with Crippen molar-refractivity contribution in [2.24, 2.45) is 35.5 Å². The number of ether oxygens (including phenoxy) is 2. The Labute approximate surface area is 253 Å². The Bertz CT molecular complexity index is 529. The minimum Gasteiger partial charge on any atom is -0.434 e. The summed E-state index contributed by atoms with van der Waals surface area (Å²) in [6.07, 6.45) is 15.1. The van der Waals surface area contributed by atoms with Gasteiger partial charge >= 0.3 is 6.16 Å². The molecule has 0 unspecified atom stereocenters. The van der Waals surface area contributed by atoms with E-state index in [0.717, 1.165) is 43.4 Å². The number of unbranched alkanes of at least 4 members (excludes halogenated alkanes) is 4. The minimum atomic E-state index is -0.479. The van der Waals surface area contributed by atoms with E-state index in [4.69, 9.17) is 9.47 Å². The molecule has 0 saturated heterocycles. The summed E-state index contributed by atoms with van der Waals surface area (Å²) in [7, 11) is 0. The van der Waals surface area contributed by atoms with E-state index in [2.05, 4.69) is 85.2 Å². The van der Waals surface area contributed by atoms with E-state index >= 15 is 0 Å². The van der Waals surface area contributed by atoms with Crippen LogP contribution in [-0.4, -0.2) is 35.4 Å². The first-order valence-electron chi connectivity index (χ1n) is 16.6. The van der Waals surface area contributed by atoms with Crippen LogP contribution in [0, 0.1) is 35.5 Å². The maximum absolute atomic E-state index is 11.6. The van der Waals surface area contributed by atoms with Crippen LogP contribution in [0.2, 0.25) is 0 Å². The predicted octanol–water partition coefficient (Wildman–Crippen LogP) is 11.2. The van der Waals surface area contributed by atoms with Gasteiger partial charge in [0, 0.05) is 5.33 Å². The monoisotopic (exact) mass is 620 g/mol. The average molecular weight is 622 g/mol. The maximum Gasteiger partial charge on any atom is 0.508 e. The summed E-state index contributed by atoms with van der Waals surface area (Å²) in [5.74, 6) is 3.64. The molecule has 0 aromatic rings. The van der Waals surface area contributed by atoms with E-state index in [1.54, 1.807) is 0 Å². The van der Waals surface area contributed by atoms with Gasteiger partial charge in [0.2, 0.25) is 0 Å². The number of aliphatic hydroxyl groups excluding tert-OH is 1. The van der Waals surface area contributed by atoms with Gasteiger partial charge < -0.3 is 14.6 Å². The summed E-state index contributed by atoms with van der Waals surface area (Å²) in [6.45, 7) is 22.5. The molecule has 0 heterocycles. The zero-order valence-electron chi connectivity index (χ0n) is 27.8. The number of carbonyl (C=O) groups is 1. The van der Waals surface area contributed by atoms with Gasteiger partial charge in [-0.25, -0.2) is 4.79 Å². The van der Waals surface area contributed by atoms with E-state index in [1.807, 2.05) is 0 Å². The Morgan fingerprint density at radius 3 is 1.64 bits per heavy atom. The normalized spacial score (nSPS) is 26.3. The van der Waals surface area contributed by atoms with Crippen molar-refractivity contribution in [2.45, 2.75) is 165 Å². The maximum atomic E-state index is 11.6. The number of hydrogen-bond donors (Lipinski definition) is 1. The van der Waals surface area contributed by atoms with Gasteiger partial charge in [-0.05, 0) is 74.0 Å². The number of rotatable bonds is 10. The van der Waals surface area contributed by atoms with Gasteiger partial charge in [0.25, 0.3) is 0 Å². The van der Waals surface area contributed by atoms with Gasteiger partial charge in [0.05, 0.1) is 12.7 Å². The second-order valence-electron chi connectivity index (χ2n) is 12.7. The van der Waals surface area contributed by atoms with Gasteiger partial charge in [0.15, 0.2) is 0 Å². The van der Waals surface area contributed by atoms with Gasteiger partial charge in [0.1, 0.15) is 6.10 Å². The molecule has 0 radical (unpaired) electrons. The number of alkyl halides is 1. The Balaban J connectivity index is 0. The smallest absolute Gasteiger partial charge is 0.434 e. The summed E-state index contributed by atoms with van der Waals surface area (Å²) in [4.78, 5) is 11.6. The molecule has 2 fully saturated rings. The Morgan fingerprint density at radius 2 is 1.26 bits per heavy atom. The Morgan fingerprint density at radius 1 is 0.769 bits per heavy atom. The van der Waals surface area contributed by atoms with Crippen LogP contribution in [0.15, 0.2) is 0 Å². The fraction of sp³-hybridized carbons (Fsp3) is 0.971. The molecule has 2 rings (SSSR count). The highest BCUT2D eigenvalue weighted by Crippen LogP contribution is 2.35. The molecule has 0 aromatic heterocycles. The molecule has 2 aliphatic rings. The first kappa shape index (κ1) is 40.8. The number of carbonyl (C=O) groups excluding carboxylic acids is 1. The topological polar surface area (TPSA) is 55.8 Å². The van der Waals surface area contributed by atoms with Crippen LogP contribution in [0.4, 0.5) is 4.79 Å². The van der Waals surface area contributed by atoms with Gasteiger partial charge in [-0.2, -0.15) is 0 Å². The predicted molar refractivity (Wildman–Crippen MR) is 174 cm³/mol. The molecular weight excluding hydrogens is 552 g/mol. The van der Waals surface area contributed by atoms with Crippen molar-refractivity contribution in [1.29, 1.82) is 0 Å². The van der Waals surface area contributed by atoms with Crippen molar-refractivity contribution in [3.63, 3.8) is 0 Å². The molecule has 6 atom stereocenters. The van der Waals surface area contributed by atoms with Gasteiger partial charge in [-0.1, -0.05) is 130 Å². The molecule has 0 aromatic carbocycles. The molecule has 0 aliphatic heterocycles. The zero-order chi connectivity index (χ0) is 30.2. The summed E-state index contributed by atoms with van der Waals surface area (Å²) in [5.41, 5.74) is 0. The van der Waals surface area contributed by atoms with Crippen molar-refractivity contribution in [1.82, 2.24) is 0 Å². The van der Waals surface area contributed by atoms with E-state index in [1.165, 1.54) is 51.4 Å². The molecule has 39 heavy (non-hydrogen) atoms. The highest BCUT2D eigenvalue weighted by Gasteiger charge is 2.33. The van der Waals surface area contributed by atoms with Crippen LogP contribution in [0.3, 0.4) is 0 Å². The quantitative estimate of drug-likeness (QED) is 0.150. The molecule has 5 heteroatoms. The first-order valence-corrected chi connectivity index (χ1v) is 17.7. The standard InChI is InChI=1S/C15H28O3.C10H20O.C5H12.C4H9Br/c1-5-6-9-17-15(16)18-14-10-12(4)7-8-13(14)11(2)3;1-7(2)9-5-4-8(3)6-10(9)11;1-3-5-4-2;1-2-3-4-5/h11-14H,5-10H2,1-4H3;7-11H,4-6H2,1-3H3;3-5H2,1-2H3;2-4H2,1H3/t12-,13+,14-;8-,9+,10-;;/m11../s1. The fourth-order valence-corrected chi connectivity index (χ4v) is 5.91. The first-order chi connectivity index (χ1) is 18.5. The SMILES string of the molecule is CC(C)[C@@H]1CC[C@@H](C)C[C@H]1O.CCCCBr.CCCCC.CCCCOC(=O)O[C@@H]1C[C@H](C)CC[C@H]1C(C)C. The van der Waals surface area contributed by atoms with Crippen molar-refractivity contribution in [3.8, 4) is 0 Å². The molecule has 0 amide bonds. The highest BCUT2D eigenvalue weighted by molar-refractivity contribution is 9.09. The zero-order valence-corrected chi connectivity index (χ0v) is 29.4. The van der Waals surface area contributed by atoms with Crippen molar-refractivity contribution in [3.05, 3.63) is 0 Å². The second kappa shape index (κ2) is 26.6. The Hall–Kier alpha value is -0.290. The lowest BCUT2D eigenvalue weighted by atomic mass is 9.75. The molecule has 0 spiro atoms. The lowest BCUT2D eigenvalue weighted by Crippen LogP contribution is -2.36. The highest BCUT2D eigenvalue weighted by atomic mass is 79.9. The van der Waals surface area contributed by atoms with Crippen LogP contribution in [0.5, 0.6) is 0 Å². The molecule has 0 bridgehead atoms. The second-order valence-corrected chi connectivity index (χ2v) is 13.5. The van der Waals surface area contributed by atoms with E-state index in [9.17, 15) is 9.90 Å². The van der Waals surface area contributed by atoms with Gasteiger partial charge in [-0.15, -0.1) is 0 Å². The molecule has 2 saturated carbocycles. The lowest BCUT2D eigenvalue weighted by Gasteiger charge is -2.36. The minimum absolute atomic E-state index is 0.0289. The third-order valence-corrected chi connectivity index (χ3v) is 8.67. The summed E-state index contributed by atoms with van der Waals surface area (Å²) < 4.78 is 10.6. The van der Waals surface area contributed by atoms with Crippen molar-refractivity contribution in [2.75, 3.05) is 11.9 Å². The number of aliphatic hydroxyl groups is 1. The molecule has 1 N–H and O–H groups in total. The molecule has 236 valence electrons. The average Bonchev–Trinajstić information content (AvgIpc) is 2.86. The summed E-state index contributed by atoms with van der Waals surface area (Å²) in [6, 6.07) is 0. The summed E-state index contributed by atoms with van der Waals surface area (Å²) >= 11 is 3.31. The van der Waals surface area contributed by atoms with Crippen LogP contribution < -0.4 is 0 Å². The summed E-state index contributed by atoms with van der Waals surface area (Å²) in [5, 5.41) is 10.9. The van der Waals surface area contributed by atoms with Crippen molar-refractivity contribution >= 4 is 22.1 Å². The third-order valence-electron chi connectivity index (χ3n) is 8.11. The molecular formula is C34H69BrO4. The number of hydrogen-bond acceptors (Lipinski definition) is 4. The molecule has 4 nitrogen and oxygen atoms in total. The van der Waals surface area contributed by atoms with Crippen LogP contribution >= 0.6 is 15.9 Å². The van der Waals surface area contributed by atoms with Crippen LogP contribution in [-0.2, 0) is 9.47 Å². The van der Waals surface area contributed by atoms with E-state index in [-0.39, 0.29) is 12.2 Å². The van der Waals surface area contributed by atoms with Crippen LogP contribution in [0.25, 0.3) is 0 Å².